The van der Waals surface area contributed by atoms with Crippen LogP contribution in [0.1, 0.15) is 11.6 Å². The number of para-hydroxylation sites is 2. The predicted molar refractivity (Wildman–Crippen MR) is 92.1 cm³/mol. The molecule has 2 aromatic carbocycles. The summed E-state index contributed by atoms with van der Waals surface area (Å²) in [5.74, 6) is -0.908. The van der Waals surface area contributed by atoms with Crippen LogP contribution in [0.25, 0.3) is 11.0 Å². The Morgan fingerprint density at radius 2 is 2.00 bits per heavy atom. The molecule has 1 N–H and O–H groups in total. The van der Waals surface area contributed by atoms with Gasteiger partial charge in [-0.25, -0.2) is 4.98 Å². The number of aromatic nitrogens is 2. The van der Waals surface area contributed by atoms with Crippen LogP contribution in [0.5, 0.6) is 0 Å². The van der Waals surface area contributed by atoms with Crippen molar-refractivity contribution in [1.82, 2.24) is 9.55 Å². The van der Waals surface area contributed by atoms with Gasteiger partial charge in [0.05, 0.1) is 23.1 Å². The lowest BCUT2D eigenvalue weighted by atomic mass is 9.91. The third-order valence-corrected chi connectivity index (χ3v) is 4.69. The molecule has 5 nitrogen and oxygen atoms in total. The number of hydrogen-bond donors (Lipinski definition) is 1. The summed E-state index contributed by atoms with van der Waals surface area (Å²) in [6, 6.07) is 14.1. The van der Waals surface area contributed by atoms with Gasteiger partial charge in [0.15, 0.2) is 5.92 Å². The van der Waals surface area contributed by atoms with Crippen LogP contribution in [0.2, 0.25) is 10.0 Å². The lowest BCUT2D eigenvalue weighted by Crippen LogP contribution is -2.37. The van der Waals surface area contributed by atoms with Crippen molar-refractivity contribution in [3.63, 3.8) is 0 Å². The zero-order valence-corrected chi connectivity index (χ0v) is 13.7. The number of carbonyl (C=O) groups is 1. The summed E-state index contributed by atoms with van der Waals surface area (Å²) in [6.45, 7) is 0. The first-order chi connectivity index (χ1) is 11.6. The lowest BCUT2D eigenvalue weighted by molar-refractivity contribution is -0.119. The fourth-order valence-electron chi connectivity index (χ4n) is 3.08. The van der Waals surface area contributed by atoms with Crippen LogP contribution in [-0.4, -0.2) is 15.5 Å². The first-order valence-electron chi connectivity index (χ1n) is 7.22. The van der Waals surface area contributed by atoms with Crippen molar-refractivity contribution in [3.05, 3.63) is 58.1 Å². The minimum absolute atomic E-state index is 0.392. The summed E-state index contributed by atoms with van der Waals surface area (Å²) >= 11 is 12.3. The number of benzene rings is 2. The first-order valence-corrected chi connectivity index (χ1v) is 7.98. The fraction of sp³-hybridized carbons (Fsp3) is 0.118. The maximum Gasteiger partial charge on any atom is 0.246 e. The summed E-state index contributed by atoms with van der Waals surface area (Å²) < 4.78 is 1.85. The molecular formula is C17H10Cl2N4O. The Kier molecular flexibility index (Phi) is 3.45. The van der Waals surface area contributed by atoms with E-state index in [4.69, 9.17) is 23.2 Å². The van der Waals surface area contributed by atoms with Gasteiger partial charge in [0.1, 0.15) is 0 Å². The molecule has 4 rings (SSSR count). The quantitative estimate of drug-likeness (QED) is 0.715. The average Bonchev–Trinajstić information content (AvgIpc) is 2.91. The van der Waals surface area contributed by atoms with Crippen LogP contribution < -0.4 is 5.32 Å². The summed E-state index contributed by atoms with van der Waals surface area (Å²) in [6.07, 6.45) is 0. The first kappa shape index (κ1) is 15.0. The van der Waals surface area contributed by atoms with Gasteiger partial charge in [-0.05, 0) is 29.8 Å². The van der Waals surface area contributed by atoms with E-state index in [9.17, 15) is 10.1 Å². The van der Waals surface area contributed by atoms with Gasteiger partial charge in [0.25, 0.3) is 0 Å². The van der Waals surface area contributed by atoms with Crippen molar-refractivity contribution in [1.29, 1.82) is 5.26 Å². The molecule has 0 aliphatic carbocycles. The summed E-state index contributed by atoms with van der Waals surface area (Å²) in [4.78, 5) is 16.8. The minimum Gasteiger partial charge on any atom is -0.300 e. The third-order valence-electron chi connectivity index (χ3n) is 4.13. The molecule has 0 bridgehead atoms. The molecule has 0 spiro atoms. The van der Waals surface area contributed by atoms with Crippen LogP contribution in [0.3, 0.4) is 0 Å². The molecule has 1 aromatic heterocycles. The van der Waals surface area contributed by atoms with E-state index in [-0.39, 0.29) is 0 Å². The lowest BCUT2D eigenvalue weighted by Gasteiger charge is -2.30. The molecule has 0 saturated heterocycles. The maximum atomic E-state index is 12.4. The molecule has 0 unspecified atom stereocenters. The molecule has 0 saturated carbocycles. The second kappa shape index (κ2) is 5.52. The topological polar surface area (TPSA) is 70.7 Å². The van der Waals surface area contributed by atoms with Gasteiger partial charge in [0, 0.05) is 10.0 Å². The normalized spacial score (nSPS) is 19.6. The Labute approximate surface area is 147 Å². The molecule has 0 radical (unpaired) electrons. The molecule has 1 aliphatic heterocycles. The van der Waals surface area contributed by atoms with Crippen LogP contribution >= 0.6 is 23.2 Å². The minimum atomic E-state index is -0.922. The molecular weight excluding hydrogens is 347 g/mol. The number of nitrogens with one attached hydrogen (secondary N) is 1. The standard InChI is InChI=1S/C17H10Cl2N4O/c18-9-5-6-10(12(19)7-9)15-11(8-20)16(24)22-17-21-13-3-1-2-4-14(13)23(15)17/h1-7,11,15H,(H,21,22,24)/t11-,15-/m1/s1. The summed E-state index contributed by atoms with van der Waals surface area (Å²) in [5.41, 5.74) is 2.22. The highest BCUT2D eigenvalue weighted by molar-refractivity contribution is 6.35. The Hall–Kier alpha value is -2.55. The average molecular weight is 357 g/mol. The smallest absolute Gasteiger partial charge is 0.246 e. The van der Waals surface area contributed by atoms with Crippen molar-refractivity contribution < 1.29 is 4.79 Å². The number of halogens is 2. The largest absolute Gasteiger partial charge is 0.300 e. The van der Waals surface area contributed by atoms with Crippen molar-refractivity contribution in [3.8, 4) is 6.07 Å². The Bertz CT molecular complexity index is 1020. The number of nitriles is 1. The maximum absolute atomic E-state index is 12.4. The number of hydrogen-bond acceptors (Lipinski definition) is 3. The molecule has 2 heterocycles. The molecule has 1 aliphatic rings. The van der Waals surface area contributed by atoms with Crippen molar-refractivity contribution in [2.24, 2.45) is 5.92 Å². The van der Waals surface area contributed by atoms with E-state index < -0.39 is 17.9 Å². The molecule has 7 heteroatoms. The van der Waals surface area contributed by atoms with Crippen LogP contribution in [-0.2, 0) is 4.79 Å². The van der Waals surface area contributed by atoms with Crippen LogP contribution in [0, 0.1) is 17.2 Å². The fourth-order valence-corrected chi connectivity index (χ4v) is 3.60. The highest BCUT2D eigenvalue weighted by Crippen LogP contribution is 2.40. The second-order valence-corrected chi connectivity index (χ2v) is 6.34. The number of rotatable bonds is 1. The van der Waals surface area contributed by atoms with Gasteiger partial charge in [-0.3, -0.25) is 10.1 Å². The van der Waals surface area contributed by atoms with Gasteiger partial charge in [0.2, 0.25) is 11.9 Å². The number of imidazole rings is 1. The van der Waals surface area contributed by atoms with Gasteiger partial charge in [-0.2, -0.15) is 5.26 Å². The predicted octanol–water partition coefficient (Wildman–Crippen LogP) is 4.02. The number of carbonyl (C=O) groups excluding carboxylic acids is 1. The van der Waals surface area contributed by atoms with Crippen molar-refractivity contribution in [2.45, 2.75) is 6.04 Å². The molecule has 0 fully saturated rings. The zero-order chi connectivity index (χ0) is 16.8. The highest BCUT2D eigenvalue weighted by Gasteiger charge is 2.39. The van der Waals surface area contributed by atoms with Crippen molar-refractivity contribution >= 4 is 46.1 Å². The number of fused-ring (bicyclic) bond motifs is 3. The van der Waals surface area contributed by atoms with E-state index in [1.165, 1.54) is 0 Å². The molecule has 2 atom stereocenters. The Morgan fingerprint density at radius 3 is 2.75 bits per heavy atom. The van der Waals surface area contributed by atoms with E-state index in [0.29, 0.717) is 21.6 Å². The van der Waals surface area contributed by atoms with Gasteiger partial charge in [-0.1, -0.05) is 41.4 Å². The monoisotopic (exact) mass is 356 g/mol. The number of anilines is 1. The molecule has 3 aromatic rings. The molecule has 118 valence electrons. The SMILES string of the molecule is N#C[C@H]1C(=O)Nc2nc3ccccc3n2[C@@H]1c1ccc(Cl)cc1Cl. The number of amides is 1. The highest BCUT2D eigenvalue weighted by atomic mass is 35.5. The summed E-state index contributed by atoms with van der Waals surface area (Å²) in [7, 11) is 0. The van der Waals surface area contributed by atoms with E-state index in [1.54, 1.807) is 18.2 Å². The Morgan fingerprint density at radius 1 is 1.21 bits per heavy atom. The van der Waals surface area contributed by atoms with Gasteiger partial charge in [-0.15, -0.1) is 0 Å². The zero-order valence-electron chi connectivity index (χ0n) is 12.2. The van der Waals surface area contributed by atoms with E-state index in [2.05, 4.69) is 16.4 Å². The Balaban J connectivity index is 2.03. The van der Waals surface area contributed by atoms with Gasteiger partial charge >= 0.3 is 0 Å². The molecule has 1 amide bonds. The summed E-state index contributed by atoms with van der Waals surface area (Å²) in [5, 5.41) is 13.2. The van der Waals surface area contributed by atoms with E-state index in [1.807, 2.05) is 28.8 Å². The van der Waals surface area contributed by atoms with E-state index in [0.717, 1.165) is 11.0 Å². The van der Waals surface area contributed by atoms with Crippen molar-refractivity contribution in [2.75, 3.05) is 5.32 Å². The number of nitrogens with zero attached hydrogens (tertiary/aromatic N) is 3. The second-order valence-electron chi connectivity index (χ2n) is 5.50. The van der Waals surface area contributed by atoms with Crippen LogP contribution in [0.4, 0.5) is 5.95 Å². The third kappa shape index (κ3) is 2.15. The van der Waals surface area contributed by atoms with Crippen LogP contribution in [0.15, 0.2) is 42.5 Å². The van der Waals surface area contributed by atoms with E-state index >= 15 is 0 Å². The molecule has 24 heavy (non-hydrogen) atoms. The van der Waals surface area contributed by atoms with Gasteiger partial charge < -0.3 is 4.57 Å².